The van der Waals surface area contributed by atoms with Crippen LogP contribution in [-0.2, 0) is 6.54 Å². The first-order valence-corrected chi connectivity index (χ1v) is 8.74. The van der Waals surface area contributed by atoms with E-state index in [-0.39, 0.29) is 5.76 Å². The molecule has 0 aliphatic heterocycles. The molecule has 1 unspecified atom stereocenters. The Balaban J connectivity index is 2.00. The van der Waals surface area contributed by atoms with Crippen molar-refractivity contribution < 1.29 is 4.42 Å². The molecule has 0 bridgehead atoms. The third kappa shape index (κ3) is 2.59. The van der Waals surface area contributed by atoms with E-state index in [1.165, 1.54) is 31.2 Å². The number of hydrogen-bond acceptors (Lipinski definition) is 2. The van der Waals surface area contributed by atoms with Crippen molar-refractivity contribution in [3.8, 4) is 0 Å². The number of aromatic nitrogens is 1. The fourth-order valence-electron chi connectivity index (χ4n) is 3.51. The zero-order valence-electron chi connectivity index (χ0n) is 12.7. The molecule has 1 aliphatic rings. The highest BCUT2D eigenvalue weighted by Gasteiger charge is 2.36. The topological polar surface area (TPSA) is 35.1 Å². The average Bonchev–Trinajstić information content (AvgIpc) is 3.04. The molecule has 1 heterocycles. The van der Waals surface area contributed by atoms with Crippen molar-refractivity contribution in [2.45, 2.75) is 57.3 Å². The largest absolute Gasteiger partial charge is 0.419 e. The fourth-order valence-corrected chi connectivity index (χ4v) is 4.26. The molecule has 3 nitrogen and oxygen atoms in total. The molecule has 0 N–H and O–H groups in total. The lowest BCUT2D eigenvalue weighted by Crippen LogP contribution is -2.17. The summed E-state index contributed by atoms with van der Waals surface area (Å²) in [6.07, 6.45) is 6.05. The molecule has 3 rings (SSSR count). The Morgan fingerprint density at radius 2 is 2.10 bits per heavy atom. The maximum atomic E-state index is 11.9. The van der Waals surface area contributed by atoms with Crippen LogP contribution in [0.3, 0.4) is 0 Å². The Morgan fingerprint density at radius 1 is 1.38 bits per heavy atom. The molecule has 0 spiro atoms. The standard InChI is InChI=1S/C17H22BrNO2/c1-3-10-19-13-7-6-12(11-14(13)21-16(19)20)15(18)17(2)8-4-5-9-17/h6-7,11,15H,3-5,8-10H2,1-2H3. The fraction of sp³-hybridized carbons (Fsp3) is 0.588. The van der Waals surface area contributed by atoms with Crippen LogP contribution < -0.4 is 5.76 Å². The molecule has 1 atom stereocenters. The Hall–Kier alpha value is -1.03. The van der Waals surface area contributed by atoms with Gasteiger partial charge in [0.25, 0.3) is 0 Å². The summed E-state index contributed by atoms with van der Waals surface area (Å²) in [6, 6.07) is 6.19. The molecule has 1 fully saturated rings. The van der Waals surface area contributed by atoms with E-state index < -0.39 is 0 Å². The van der Waals surface area contributed by atoms with Crippen molar-refractivity contribution in [3.05, 3.63) is 34.3 Å². The van der Waals surface area contributed by atoms with Crippen LogP contribution in [0.1, 0.15) is 56.3 Å². The van der Waals surface area contributed by atoms with E-state index in [4.69, 9.17) is 4.42 Å². The minimum atomic E-state index is -0.248. The number of fused-ring (bicyclic) bond motifs is 1. The summed E-state index contributed by atoms with van der Waals surface area (Å²) in [4.78, 5) is 12.2. The van der Waals surface area contributed by atoms with Gasteiger partial charge in [-0.05, 0) is 42.4 Å². The van der Waals surface area contributed by atoms with E-state index in [1.807, 2.05) is 12.1 Å². The third-order valence-corrected chi connectivity index (χ3v) is 6.42. The molecule has 4 heteroatoms. The van der Waals surface area contributed by atoms with Gasteiger partial charge in [0.05, 0.1) is 5.52 Å². The second-order valence-corrected chi connectivity index (χ2v) is 7.39. The van der Waals surface area contributed by atoms with Crippen LogP contribution in [-0.4, -0.2) is 4.57 Å². The quantitative estimate of drug-likeness (QED) is 0.724. The summed E-state index contributed by atoms with van der Waals surface area (Å²) in [5.74, 6) is -0.248. The molecular weight excluding hydrogens is 330 g/mol. The van der Waals surface area contributed by atoms with Crippen molar-refractivity contribution >= 4 is 27.0 Å². The minimum absolute atomic E-state index is 0.248. The summed E-state index contributed by atoms with van der Waals surface area (Å²) in [7, 11) is 0. The number of rotatable bonds is 4. The lowest BCUT2D eigenvalue weighted by atomic mass is 9.82. The van der Waals surface area contributed by atoms with Gasteiger partial charge in [-0.3, -0.25) is 4.57 Å². The molecule has 1 aliphatic carbocycles. The maximum Gasteiger partial charge on any atom is 0.419 e. The predicted octanol–water partition coefficient (Wildman–Crippen LogP) is 5.02. The van der Waals surface area contributed by atoms with Crippen LogP contribution in [0.5, 0.6) is 0 Å². The van der Waals surface area contributed by atoms with Gasteiger partial charge in [-0.15, -0.1) is 0 Å². The molecule has 1 saturated carbocycles. The first kappa shape index (κ1) is 14.9. The molecule has 1 aromatic carbocycles. The number of nitrogens with zero attached hydrogens (tertiary/aromatic N) is 1. The Kier molecular flexibility index (Phi) is 4.00. The number of benzene rings is 1. The molecule has 0 saturated heterocycles. The van der Waals surface area contributed by atoms with Gasteiger partial charge < -0.3 is 4.42 Å². The summed E-state index contributed by atoms with van der Waals surface area (Å²) in [5, 5.41) is 0. The molecule has 0 amide bonds. The molecule has 2 aromatic rings. The lowest BCUT2D eigenvalue weighted by molar-refractivity contribution is 0.331. The second-order valence-electron chi connectivity index (χ2n) is 6.47. The molecule has 0 radical (unpaired) electrons. The van der Waals surface area contributed by atoms with E-state index in [0.29, 0.717) is 22.4 Å². The van der Waals surface area contributed by atoms with Gasteiger partial charge in [0.15, 0.2) is 5.58 Å². The number of halogens is 1. The Labute approximate surface area is 133 Å². The highest BCUT2D eigenvalue weighted by atomic mass is 79.9. The highest BCUT2D eigenvalue weighted by Crippen LogP contribution is 2.51. The van der Waals surface area contributed by atoms with Gasteiger partial charge >= 0.3 is 5.76 Å². The van der Waals surface area contributed by atoms with Crippen molar-refractivity contribution in [1.82, 2.24) is 4.57 Å². The van der Waals surface area contributed by atoms with Gasteiger partial charge in [-0.2, -0.15) is 0 Å². The van der Waals surface area contributed by atoms with Gasteiger partial charge in [0, 0.05) is 11.4 Å². The summed E-state index contributed by atoms with van der Waals surface area (Å²) < 4.78 is 7.15. The number of oxazole rings is 1. The first-order chi connectivity index (χ1) is 10.0. The van der Waals surface area contributed by atoms with E-state index in [0.717, 1.165) is 11.9 Å². The van der Waals surface area contributed by atoms with Crippen LogP contribution in [0.15, 0.2) is 27.4 Å². The number of aryl methyl sites for hydroxylation is 1. The van der Waals surface area contributed by atoms with E-state index >= 15 is 0 Å². The van der Waals surface area contributed by atoms with Gasteiger partial charge in [-0.25, -0.2) is 4.79 Å². The Bertz CT molecular complexity index is 694. The minimum Gasteiger partial charge on any atom is -0.408 e. The summed E-state index contributed by atoms with van der Waals surface area (Å²) in [5.41, 5.74) is 3.13. The number of hydrogen-bond donors (Lipinski definition) is 0. The zero-order valence-corrected chi connectivity index (χ0v) is 14.3. The summed E-state index contributed by atoms with van der Waals surface area (Å²) >= 11 is 3.88. The van der Waals surface area contributed by atoms with Crippen LogP contribution >= 0.6 is 15.9 Å². The van der Waals surface area contributed by atoms with Crippen molar-refractivity contribution in [2.24, 2.45) is 5.41 Å². The monoisotopic (exact) mass is 351 g/mol. The van der Waals surface area contributed by atoms with Crippen molar-refractivity contribution in [1.29, 1.82) is 0 Å². The van der Waals surface area contributed by atoms with Crippen LogP contribution in [0.2, 0.25) is 0 Å². The van der Waals surface area contributed by atoms with E-state index in [9.17, 15) is 4.79 Å². The first-order valence-electron chi connectivity index (χ1n) is 7.82. The molecular formula is C17H22BrNO2. The van der Waals surface area contributed by atoms with Crippen LogP contribution in [0.4, 0.5) is 0 Å². The van der Waals surface area contributed by atoms with Crippen molar-refractivity contribution in [2.75, 3.05) is 0 Å². The lowest BCUT2D eigenvalue weighted by Gasteiger charge is -2.30. The normalized spacial score (nSPS) is 19.2. The van der Waals surface area contributed by atoms with E-state index in [1.54, 1.807) is 4.57 Å². The van der Waals surface area contributed by atoms with Gasteiger partial charge in [-0.1, -0.05) is 48.7 Å². The molecule has 114 valence electrons. The molecule has 1 aromatic heterocycles. The van der Waals surface area contributed by atoms with Crippen LogP contribution in [0, 0.1) is 5.41 Å². The summed E-state index contributed by atoms with van der Waals surface area (Å²) in [6.45, 7) is 5.12. The SMILES string of the molecule is CCCn1c(=O)oc2cc(C(Br)C3(C)CCCC3)ccc21. The Morgan fingerprint density at radius 3 is 2.76 bits per heavy atom. The highest BCUT2D eigenvalue weighted by molar-refractivity contribution is 9.09. The molecule has 21 heavy (non-hydrogen) atoms. The predicted molar refractivity (Wildman–Crippen MR) is 89.0 cm³/mol. The van der Waals surface area contributed by atoms with Crippen LogP contribution in [0.25, 0.3) is 11.1 Å². The second kappa shape index (κ2) is 5.64. The zero-order chi connectivity index (χ0) is 15.0. The average molecular weight is 352 g/mol. The number of alkyl halides is 1. The van der Waals surface area contributed by atoms with Gasteiger partial charge in [0.2, 0.25) is 0 Å². The maximum absolute atomic E-state index is 11.9. The van der Waals surface area contributed by atoms with Crippen molar-refractivity contribution in [3.63, 3.8) is 0 Å². The third-order valence-electron chi connectivity index (χ3n) is 4.79. The van der Waals surface area contributed by atoms with Gasteiger partial charge in [0.1, 0.15) is 0 Å². The van der Waals surface area contributed by atoms with E-state index in [2.05, 4.69) is 35.8 Å². The smallest absolute Gasteiger partial charge is 0.408 e.